The average molecular weight is 339 g/mol. The van der Waals surface area contributed by atoms with Gasteiger partial charge < -0.3 is 10.6 Å². The summed E-state index contributed by atoms with van der Waals surface area (Å²) in [5.74, 6) is 0.373. The van der Waals surface area contributed by atoms with Gasteiger partial charge in [-0.1, -0.05) is 35.0 Å². The van der Waals surface area contributed by atoms with E-state index in [4.69, 9.17) is 5.73 Å². The first-order valence-electron chi connectivity index (χ1n) is 7.39. The number of amides is 1. The number of hydrogen-bond acceptors (Lipinski definition) is 2. The Hall–Kier alpha value is -0.870. The van der Waals surface area contributed by atoms with E-state index in [1.54, 1.807) is 0 Å². The SMILES string of the molecule is CCC(Cc1cccc(Br)c1)C(=O)N1CCC(N)CC1. The van der Waals surface area contributed by atoms with Crippen LogP contribution in [0.5, 0.6) is 0 Å². The van der Waals surface area contributed by atoms with Crippen LogP contribution in [0.3, 0.4) is 0 Å². The largest absolute Gasteiger partial charge is 0.342 e. The number of benzene rings is 1. The van der Waals surface area contributed by atoms with Gasteiger partial charge in [0.2, 0.25) is 5.91 Å². The molecule has 1 unspecified atom stereocenters. The Labute approximate surface area is 129 Å². The first-order valence-corrected chi connectivity index (χ1v) is 8.18. The maximum absolute atomic E-state index is 12.6. The Balaban J connectivity index is 1.99. The van der Waals surface area contributed by atoms with E-state index in [1.165, 1.54) is 5.56 Å². The zero-order chi connectivity index (χ0) is 14.5. The maximum Gasteiger partial charge on any atom is 0.226 e. The zero-order valence-corrected chi connectivity index (χ0v) is 13.6. The molecule has 0 aromatic heterocycles. The number of nitrogens with two attached hydrogens (primary N) is 1. The van der Waals surface area contributed by atoms with Gasteiger partial charge in [-0.25, -0.2) is 0 Å². The molecule has 0 radical (unpaired) electrons. The van der Waals surface area contributed by atoms with Crippen molar-refractivity contribution in [1.82, 2.24) is 4.90 Å². The molecule has 4 heteroatoms. The Morgan fingerprint density at radius 1 is 1.45 bits per heavy atom. The third kappa shape index (κ3) is 4.06. The van der Waals surface area contributed by atoms with E-state index in [-0.39, 0.29) is 12.0 Å². The standard InChI is InChI=1S/C16H23BrN2O/c1-2-13(10-12-4-3-5-14(17)11-12)16(20)19-8-6-15(18)7-9-19/h3-5,11,13,15H,2,6-10,18H2,1H3. The number of likely N-dealkylation sites (tertiary alicyclic amines) is 1. The smallest absolute Gasteiger partial charge is 0.226 e. The van der Waals surface area contributed by atoms with Crippen molar-refractivity contribution in [2.75, 3.05) is 13.1 Å². The fraction of sp³-hybridized carbons (Fsp3) is 0.562. The van der Waals surface area contributed by atoms with E-state index < -0.39 is 0 Å². The molecule has 0 aliphatic carbocycles. The molecule has 110 valence electrons. The molecule has 1 atom stereocenters. The first-order chi connectivity index (χ1) is 9.60. The van der Waals surface area contributed by atoms with Crippen LogP contribution in [0.25, 0.3) is 0 Å². The fourth-order valence-corrected chi connectivity index (χ4v) is 3.18. The molecule has 1 heterocycles. The van der Waals surface area contributed by atoms with Crippen LogP contribution in [0.2, 0.25) is 0 Å². The van der Waals surface area contributed by atoms with E-state index >= 15 is 0 Å². The summed E-state index contributed by atoms with van der Waals surface area (Å²) in [5, 5.41) is 0. The highest BCUT2D eigenvalue weighted by Gasteiger charge is 2.26. The predicted molar refractivity (Wildman–Crippen MR) is 85.4 cm³/mol. The van der Waals surface area contributed by atoms with Crippen molar-refractivity contribution in [3.63, 3.8) is 0 Å². The second-order valence-corrected chi connectivity index (χ2v) is 6.52. The van der Waals surface area contributed by atoms with Crippen molar-refractivity contribution in [2.24, 2.45) is 11.7 Å². The van der Waals surface area contributed by atoms with Gasteiger partial charge in [-0.15, -0.1) is 0 Å². The van der Waals surface area contributed by atoms with E-state index in [1.807, 2.05) is 17.0 Å². The van der Waals surface area contributed by atoms with Gasteiger partial charge in [-0.05, 0) is 43.4 Å². The summed E-state index contributed by atoms with van der Waals surface area (Å²) in [5.41, 5.74) is 7.12. The molecule has 1 amide bonds. The summed E-state index contributed by atoms with van der Waals surface area (Å²) in [6.45, 7) is 3.72. The second-order valence-electron chi connectivity index (χ2n) is 5.60. The number of piperidine rings is 1. The van der Waals surface area contributed by atoms with Crippen molar-refractivity contribution < 1.29 is 4.79 Å². The molecule has 2 rings (SSSR count). The zero-order valence-electron chi connectivity index (χ0n) is 12.0. The maximum atomic E-state index is 12.6. The minimum atomic E-state index is 0.0821. The highest BCUT2D eigenvalue weighted by atomic mass is 79.9. The molecular weight excluding hydrogens is 316 g/mol. The van der Waals surface area contributed by atoms with Crippen LogP contribution in [0.1, 0.15) is 31.7 Å². The summed E-state index contributed by atoms with van der Waals surface area (Å²) < 4.78 is 1.07. The van der Waals surface area contributed by atoms with E-state index in [0.29, 0.717) is 5.91 Å². The topological polar surface area (TPSA) is 46.3 Å². The van der Waals surface area contributed by atoms with Crippen LogP contribution in [0, 0.1) is 5.92 Å². The van der Waals surface area contributed by atoms with Crippen molar-refractivity contribution in [3.8, 4) is 0 Å². The van der Waals surface area contributed by atoms with Gasteiger partial charge in [-0.2, -0.15) is 0 Å². The molecule has 1 saturated heterocycles. The van der Waals surface area contributed by atoms with Crippen molar-refractivity contribution in [1.29, 1.82) is 0 Å². The molecule has 1 aromatic carbocycles. The Bertz CT molecular complexity index is 456. The van der Waals surface area contributed by atoms with Gasteiger partial charge in [0.15, 0.2) is 0 Å². The first kappa shape index (κ1) is 15.5. The molecule has 0 bridgehead atoms. The molecule has 1 fully saturated rings. The molecule has 20 heavy (non-hydrogen) atoms. The second kappa shape index (κ2) is 7.23. The lowest BCUT2D eigenvalue weighted by atomic mass is 9.94. The summed E-state index contributed by atoms with van der Waals surface area (Å²) in [6, 6.07) is 8.49. The molecule has 2 N–H and O–H groups in total. The van der Waals surface area contributed by atoms with Crippen LogP contribution in [0.15, 0.2) is 28.7 Å². The Kier molecular flexibility index (Phi) is 5.61. The number of nitrogens with zero attached hydrogens (tertiary/aromatic N) is 1. The lowest BCUT2D eigenvalue weighted by Gasteiger charge is -2.32. The number of carbonyl (C=O) groups is 1. The lowest BCUT2D eigenvalue weighted by Crippen LogP contribution is -2.45. The average Bonchev–Trinajstić information content (AvgIpc) is 2.45. The van der Waals surface area contributed by atoms with Crippen molar-refractivity contribution >= 4 is 21.8 Å². The van der Waals surface area contributed by atoms with Gasteiger partial charge in [-0.3, -0.25) is 4.79 Å². The van der Waals surface area contributed by atoms with Crippen LogP contribution >= 0.6 is 15.9 Å². The molecule has 0 saturated carbocycles. The number of rotatable bonds is 4. The molecule has 1 aliphatic heterocycles. The van der Waals surface area contributed by atoms with E-state index in [0.717, 1.165) is 43.2 Å². The van der Waals surface area contributed by atoms with Crippen LogP contribution < -0.4 is 5.73 Å². The molecule has 0 spiro atoms. The highest BCUT2D eigenvalue weighted by Crippen LogP contribution is 2.20. The van der Waals surface area contributed by atoms with Crippen LogP contribution in [0.4, 0.5) is 0 Å². The number of carbonyl (C=O) groups excluding carboxylic acids is 1. The van der Waals surface area contributed by atoms with Gasteiger partial charge in [0.1, 0.15) is 0 Å². The summed E-state index contributed by atoms with van der Waals surface area (Å²) in [6.07, 6.45) is 3.56. The predicted octanol–water partition coefficient (Wildman–Crippen LogP) is 2.97. The van der Waals surface area contributed by atoms with Gasteiger partial charge in [0.25, 0.3) is 0 Å². The monoisotopic (exact) mass is 338 g/mol. The Morgan fingerprint density at radius 2 is 2.15 bits per heavy atom. The normalized spacial score (nSPS) is 18.1. The molecule has 1 aliphatic rings. The lowest BCUT2D eigenvalue weighted by molar-refractivity contribution is -0.136. The molecular formula is C16H23BrN2O. The number of halogens is 1. The van der Waals surface area contributed by atoms with E-state index in [9.17, 15) is 4.79 Å². The van der Waals surface area contributed by atoms with Gasteiger partial charge in [0.05, 0.1) is 0 Å². The van der Waals surface area contributed by atoms with Gasteiger partial charge >= 0.3 is 0 Å². The third-order valence-corrected chi connectivity index (χ3v) is 4.56. The van der Waals surface area contributed by atoms with Crippen LogP contribution in [-0.2, 0) is 11.2 Å². The summed E-state index contributed by atoms with van der Waals surface area (Å²) in [4.78, 5) is 14.6. The Morgan fingerprint density at radius 3 is 2.75 bits per heavy atom. The third-order valence-electron chi connectivity index (χ3n) is 4.06. The quantitative estimate of drug-likeness (QED) is 0.917. The molecule has 1 aromatic rings. The summed E-state index contributed by atoms with van der Waals surface area (Å²) in [7, 11) is 0. The minimum Gasteiger partial charge on any atom is -0.342 e. The fourth-order valence-electron chi connectivity index (χ4n) is 2.73. The van der Waals surface area contributed by atoms with Crippen LogP contribution in [-0.4, -0.2) is 29.9 Å². The summed E-state index contributed by atoms with van der Waals surface area (Å²) >= 11 is 3.48. The van der Waals surface area contributed by atoms with E-state index in [2.05, 4.69) is 35.0 Å². The van der Waals surface area contributed by atoms with Crippen molar-refractivity contribution in [3.05, 3.63) is 34.3 Å². The highest BCUT2D eigenvalue weighted by molar-refractivity contribution is 9.10. The minimum absolute atomic E-state index is 0.0821. The number of hydrogen-bond donors (Lipinski definition) is 1. The van der Waals surface area contributed by atoms with Crippen molar-refractivity contribution in [2.45, 2.75) is 38.6 Å². The molecule has 3 nitrogen and oxygen atoms in total. The van der Waals surface area contributed by atoms with Gasteiger partial charge in [0, 0.05) is 29.5 Å².